The zero-order chi connectivity index (χ0) is 13.9. The van der Waals surface area contributed by atoms with Crippen molar-refractivity contribution < 1.29 is 5.11 Å². The third-order valence-electron chi connectivity index (χ3n) is 5.42. The molecular weight excluding hydrogens is 236 g/mol. The van der Waals surface area contributed by atoms with Crippen LogP contribution in [0.1, 0.15) is 52.4 Å². The Morgan fingerprint density at radius 2 is 2.05 bits per heavy atom. The van der Waals surface area contributed by atoms with E-state index in [0.29, 0.717) is 18.6 Å². The minimum Gasteiger partial charge on any atom is -0.394 e. The van der Waals surface area contributed by atoms with Crippen LogP contribution in [-0.2, 0) is 0 Å². The van der Waals surface area contributed by atoms with E-state index in [9.17, 15) is 5.11 Å². The largest absolute Gasteiger partial charge is 0.394 e. The molecule has 0 aromatic heterocycles. The lowest BCUT2D eigenvalue weighted by Crippen LogP contribution is -2.50. The standard InChI is InChI=1S/C16H32N2O/c1-13(2)18(11-14-6-7-14)10-8-15-5-4-9-16(15,12-19)17-3/h13-15,17,19H,4-12H2,1-3H3. The summed E-state index contributed by atoms with van der Waals surface area (Å²) in [7, 11) is 2.01. The molecule has 0 spiro atoms. The lowest BCUT2D eigenvalue weighted by Gasteiger charge is -2.36. The third kappa shape index (κ3) is 3.71. The number of nitrogens with zero attached hydrogens (tertiary/aromatic N) is 1. The van der Waals surface area contributed by atoms with Gasteiger partial charge in [-0.25, -0.2) is 0 Å². The average molecular weight is 268 g/mol. The molecule has 2 N–H and O–H groups in total. The van der Waals surface area contributed by atoms with Gasteiger partial charge in [0.15, 0.2) is 0 Å². The van der Waals surface area contributed by atoms with E-state index < -0.39 is 0 Å². The van der Waals surface area contributed by atoms with Crippen molar-refractivity contribution in [1.82, 2.24) is 10.2 Å². The van der Waals surface area contributed by atoms with Crippen LogP contribution in [0.3, 0.4) is 0 Å². The molecule has 0 amide bonds. The van der Waals surface area contributed by atoms with Crippen molar-refractivity contribution in [3.05, 3.63) is 0 Å². The molecule has 19 heavy (non-hydrogen) atoms. The van der Waals surface area contributed by atoms with Crippen LogP contribution in [-0.4, -0.2) is 48.3 Å². The van der Waals surface area contributed by atoms with E-state index in [-0.39, 0.29) is 5.54 Å². The molecule has 0 heterocycles. The Kier molecular flexibility index (Phi) is 5.27. The summed E-state index contributed by atoms with van der Waals surface area (Å²) < 4.78 is 0. The SMILES string of the molecule is CNC1(CO)CCCC1CCN(CC1CC1)C(C)C. The number of aliphatic hydroxyl groups excluding tert-OH is 1. The normalized spacial score (nSPS) is 31.6. The minimum atomic E-state index is 0.00221. The van der Waals surface area contributed by atoms with Crippen LogP contribution in [0.4, 0.5) is 0 Å². The van der Waals surface area contributed by atoms with E-state index in [0.717, 1.165) is 12.3 Å². The third-order valence-corrected chi connectivity index (χ3v) is 5.42. The molecule has 0 aliphatic heterocycles. The maximum Gasteiger partial charge on any atom is 0.0615 e. The molecule has 112 valence electrons. The van der Waals surface area contributed by atoms with Crippen LogP contribution in [0.15, 0.2) is 0 Å². The van der Waals surface area contributed by atoms with Gasteiger partial charge in [-0.1, -0.05) is 6.42 Å². The van der Waals surface area contributed by atoms with Crippen molar-refractivity contribution in [1.29, 1.82) is 0 Å². The van der Waals surface area contributed by atoms with Crippen LogP contribution in [0, 0.1) is 11.8 Å². The second-order valence-corrected chi connectivity index (χ2v) is 6.97. The lowest BCUT2D eigenvalue weighted by molar-refractivity contribution is 0.112. The first-order chi connectivity index (χ1) is 9.11. The van der Waals surface area contributed by atoms with Gasteiger partial charge < -0.3 is 15.3 Å². The first-order valence-electron chi connectivity index (χ1n) is 8.15. The van der Waals surface area contributed by atoms with E-state index in [1.54, 1.807) is 0 Å². The molecule has 2 unspecified atom stereocenters. The van der Waals surface area contributed by atoms with Gasteiger partial charge in [0.25, 0.3) is 0 Å². The molecule has 2 aliphatic rings. The van der Waals surface area contributed by atoms with E-state index >= 15 is 0 Å². The molecule has 0 aromatic carbocycles. The number of hydrogen-bond donors (Lipinski definition) is 2. The van der Waals surface area contributed by atoms with Crippen LogP contribution in [0.5, 0.6) is 0 Å². The Morgan fingerprint density at radius 1 is 1.32 bits per heavy atom. The summed E-state index contributed by atoms with van der Waals surface area (Å²) >= 11 is 0. The fourth-order valence-electron chi connectivity index (χ4n) is 3.70. The Bertz CT molecular complexity index is 272. The quantitative estimate of drug-likeness (QED) is 0.709. The van der Waals surface area contributed by atoms with Gasteiger partial charge in [-0.05, 0) is 71.4 Å². The topological polar surface area (TPSA) is 35.5 Å². The maximum atomic E-state index is 9.74. The monoisotopic (exact) mass is 268 g/mol. The summed E-state index contributed by atoms with van der Waals surface area (Å²) in [5.41, 5.74) is 0.00221. The number of aliphatic hydroxyl groups is 1. The summed E-state index contributed by atoms with van der Waals surface area (Å²) in [6, 6.07) is 0.653. The van der Waals surface area contributed by atoms with Crippen LogP contribution in [0.2, 0.25) is 0 Å². The van der Waals surface area contributed by atoms with Gasteiger partial charge in [0, 0.05) is 18.1 Å². The Balaban J connectivity index is 1.85. The molecule has 0 radical (unpaired) electrons. The number of hydrogen-bond acceptors (Lipinski definition) is 3. The van der Waals surface area contributed by atoms with Gasteiger partial charge >= 0.3 is 0 Å². The average Bonchev–Trinajstić information content (AvgIpc) is 3.13. The molecule has 3 nitrogen and oxygen atoms in total. The summed E-state index contributed by atoms with van der Waals surface area (Å²) in [5, 5.41) is 13.2. The van der Waals surface area contributed by atoms with Crippen molar-refractivity contribution >= 4 is 0 Å². The van der Waals surface area contributed by atoms with Crippen LogP contribution in [0.25, 0.3) is 0 Å². The van der Waals surface area contributed by atoms with Gasteiger partial charge in [-0.2, -0.15) is 0 Å². The zero-order valence-electron chi connectivity index (χ0n) is 13.0. The second-order valence-electron chi connectivity index (χ2n) is 6.97. The molecule has 2 atom stereocenters. The molecule has 3 heteroatoms. The molecule has 2 fully saturated rings. The fourth-order valence-corrected chi connectivity index (χ4v) is 3.70. The first kappa shape index (κ1) is 15.3. The number of nitrogens with one attached hydrogen (secondary N) is 1. The Labute approximate surface area is 118 Å². The smallest absolute Gasteiger partial charge is 0.0615 e. The molecule has 0 bridgehead atoms. The molecule has 0 aromatic rings. The van der Waals surface area contributed by atoms with E-state index in [1.165, 1.54) is 45.2 Å². The van der Waals surface area contributed by atoms with Crippen molar-refractivity contribution in [2.24, 2.45) is 11.8 Å². The van der Waals surface area contributed by atoms with E-state index in [2.05, 4.69) is 24.1 Å². The first-order valence-corrected chi connectivity index (χ1v) is 8.15. The highest BCUT2D eigenvalue weighted by Crippen LogP contribution is 2.38. The lowest BCUT2D eigenvalue weighted by atomic mass is 9.85. The molecule has 2 rings (SSSR count). The summed E-state index contributed by atoms with van der Waals surface area (Å²) in [6.45, 7) is 7.40. The van der Waals surface area contributed by atoms with Crippen LogP contribution >= 0.6 is 0 Å². The van der Waals surface area contributed by atoms with Gasteiger partial charge in [0.05, 0.1) is 6.61 Å². The van der Waals surface area contributed by atoms with Gasteiger partial charge in [-0.3, -0.25) is 0 Å². The molecular formula is C16H32N2O. The number of likely N-dealkylation sites (N-methyl/N-ethyl adjacent to an activating group) is 1. The van der Waals surface area contributed by atoms with Crippen molar-refractivity contribution in [3.63, 3.8) is 0 Å². The summed E-state index contributed by atoms with van der Waals surface area (Å²) in [6.07, 6.45) is 7.77. The summed E-state index contributed by atoms with van der Waals surface area (Å²) in [4.78, 5) is 2.65. The predicted molar refractivity (Wildman–Crippen MR) is 80.3 cm³/mol. The van der Waals surface area contributed by atoms with Crippen LogP contribution < -0.4 is 5.32 Å². The number of rotatable bonds is 8. The minimum absolute atomic E-state index is 0.00221. The Morgan fingerprint density at radius 3 is 2.58 bits per heavy atom. The van der Waals surface area contributed by atoms with Crippen molar-refractivity contribution in [2.75, 3.05) is 26.7 Å². The zero-order valence-corrected chi connectivity index (χ0v) is 13.0. The van der Waals surface area contributed by atoms with Crippen molar-refractivity contribution in [3.8, 4) is 0 Å². The van der Waals surface area contributed by atoms with Gasteiger partial charge in [0.2, 0.25) is 0 Å². The maximum absolute atomic E-state index is 9.74. The molecule has 0 saturated heterocycles. The Hall–Kier alpha value is -0.120. The highest BCUT2D eigenvalue weighted by Gasteiger charge is 2.41. The van der Waals surface area contributed by atoms with E-state index in [1.807, 2.05) is 7.05 Å². The second kappa shape index (κ2) is 6.55. The summed E-state index contributed by atoms with van der Waals surface area (Å²) in [5.74, 6) is 1.61. The van der Waals surface area contributed by atoms with Gasteiger partial charge in [0.1, 0.15) is 0 Å². The molecule has 2 aliphatic carbocycles. The fraction of sp³-hybridized carbons (Fsp3) is 1.00. The highest BCUT2D eigenvalue weighted by atomic mass is 16.3. The predicted octanol–water partition coefficient (Wildman–Crippen LogP) is 2.25. The molecule has 2 saturated carbocycles. The highest BCUT2D eigenvalue weighted by molar-refractivity contribution is 4.98. The van der Waals surface area contributed by atoms with E-state index in [4.69, 9.17) is 0 Å². The van der Waals surface area contributed by atoms with Crippen molar-refractivity contribution in [2.45, 2.75) is 64.0 Å². The van der Waals surface area contributed by atoms with Gasteiger partial charge in [-0.15, -0.1) is 0 Å².